The first-order chi connectivity index (χ1) is 19.5. The first-order valence-corrected chi connectivity index (χ1v) is 15.2. The van der Waals surface area contributed by atoms with E-state index in [-0.39, 0.29) is 36.2 Å². The molecule has 3 fully saturated rings. The third-order valence-corrected chi connectivity index (χ3v) is 10.4. The highest BCUT2D eigenvalue weighted by Crippen LogP contribution is 2.64. The summed E-state index contributed by atoms with van der Waals surface area (Å²) in [5.74, 6) is 0.139. The Hall–Kier alpha value is -1.62. The quantitative estimate of drug-likeness (QED) is 0.156. The highest BCUT2D eigenvalue weighted by atomic mass is 19.4. The van der Waals surface area contributed by atoms with Crippen LogP contribution in [0.15, 0.2) is 47.6 Å². The summed E-state index contributed by atoms with van der Waals surface area (Å²) in [5.41, 5.74) is -4.25. The van der Waals surface area contributed by atoms with Gasteiger partial charge in [0.15, 0.2) is 0 Å². The lowest BCUT2D eigenvalue weighted by Crippen LogP contribution is -2.55. The van der Waals surface area contributed by atoms with Crippen LogP contribution in [0.5, 0.6) is 0 Å². The van der Waals surface area contributed by atoms with Gasteiger partial charge >= 0.3 is 12.4 Å². The first-order valence-electron chi connectivity index (χ1n) is 15.2. The van der Waals surface area contributed by atoms with Gasteiger partial charge in [-0.1, -0.05) is 50.6 Å². The number of aliphatic hydroxyl groups is 4. The monoisotopic (exact) mass is 622 g/mol. The molecule has 4 nitrogen and oxygen atoms in total. The molecule has 4 N–H and O–H groups in total. The Morgan fingerprint density at radius 1 is 0.953 bits per heavy atom. The minimum absolute atomic E-state index is 0.0223. The van der Waals surface area contributed by atoms with Crippen molar-refractivity contribution in [3.63, 3.8) is 0 Å². The molecule has 0 aliphatic heterocycles. The number of fused-ring (bicyclic) bond motifs is 1. The van der Waals surface area contributed by atoms with Crippen molar-refractivity contribution in [3.8, 4) is 0 Å². The maximum Gasteiger partial charge on any atom is 0.429 e. The zero-order valence-electron chi connectivity index (χ0n) is 25.7. The van der Waals surface area contributed by atoms with Gasteiger partial charge in [0.1, 0.15) is 0 Å². The van der Waals surface area contributed by atoms with Crippen molar-refractivity contribution < 1.29 is 46.8 Å². The van der Waals surface area contributed by atoms with E-state index in [4.69, 9.17) is 0 Å². The van der Waals surface area contributed by atoms with Crippen molar-refractivity contribution in [3.05, 3.63) is 47.6 Å². The van der Waals surface area contributed by atoms with Crippen molar-refractivity contribution in [1.82, 2.24) is 0 Å². The highest BCUT2D eigenvalue weighted by molar-refractivity contribution is 5.38. The number of alkyl halides is 6. The van der Waals surface area contributed by atoms with Crippen LogP contribution < -0.4 is 0 Å². The molecule has 3 aliphatic carbocycles. The van der Waals surface area contributed by atoms with E-state index >= 15 is 0 Å². The second kappa shape index (κ2) is 12.6. The average Bonchev–Trinajstić information content (AvgIpc) is 3.21. The van der Waals surface area contributed by atoms with E-state index < -0.39 is 41.2 Å². The van der Waals surface area contributed by atoms with Crippen molar-refractivity contribution in [2.24, 2.45) is 22.7 Å². The number of allylic oxidation sites excluding steroid dienone is 4. The number of hydrogen-bond acceptors (Lipinski definition) is 4. The van der Waals surface area contributed by atoms with E-state index in [2.05, 4.69) is 13.5 Å². The summed E-state index contributed by atoms with van der Waals surface area (Å²) in [6, 6.07) is 0. The molecule has 0 amide bonds. The molecule has 0 bridgehead atoms. The number of rotatable bonds is 9. The predicted octanol–water partition coefficient (Wildman–Crippen LogP) is 7.88. The molecule has 3 aliphatic rings. The molecule has 0 saturated heterocycles. The largest absolute Gasteiger partial charge is 0.429 e. The van der Waals surface area contributed by atoms with E-state index in [1.54, 1.807) is 13.8 Å². The van der Waals surface area contributed by atoms with Gasteiger partial charge in [-0.05, 0) is 112 Å². The summed E-state index contributed by atoms with van der Waals surface area (Å²) in [6.07, 6.45) is -2.44. The molecule has 0 radical (unpaired) electrons. The van der Waals surface area contributed by atoms with Crippen LogP contribution in [0.2, 0.25) is 0 Å². The van der Waals surface area contributed by atoms with Crippen LogP contribution in [-0.2, 0) is 0 Å². The van der Waals surface area contributed by atoms with E-state index in [1.165, 1.54) is 5.57 Å². The van der Waals surface area contributed by atoms with Gasteiger partial charge in [-0.15, -0.1) is 0 Å². The summed E-state index contributed by atoms with van der Waals surface area (Å²) in [5, 5.41) is 40.3. The number of halogens is 6. The lowest BCUT2D eigenvalue weighted by molar-refractivity contribution is -0.347. The van der Waals surface area contributed by atoms with Gasteiger partial charge in [-0.2, -0.15) is 26.3 Å². The fraction of sp³-hybridized carbons (Fsp3) is 0.758. The lowest BCUT2D eigenvalue weighted by atomic mass is 9.55. The fourth-order valence-corrected chi connectivity index (χ4v) is 8.04. The van der Waals surface area contributed by atoms with Gasteiger partial charge in [0.2, 0.25) is 0 Å². The van der Waals surface area contributed by atoms with Gasteiger partial charge < -0.3 is 20.4 Å². The molecular formula is C33H48F6O4. The third-order valence-electron chi connectivity index (χ3n) is 10.4. The van der Waals surface area contributed by atoms with Gasteiger partial charge in [-0.3, -0.25) is 0 Å². The third kappa shape index (κ3) is 7.79. The number of aliphatic hydroxyl groups excluding tert-OH is 2. The van der Waals surface area contributed by atoms with Crippen LogP contribution in [0.1, 0.15) is 98.3 Å². The second-order valence-corrected chi connectivity index (χ2v) is 14.3. The second-order valence-electron chi connectivity index (χ2n) is 14.3. The standard InChI is InChI=1S/C33H48F6O4/c1-21-23(19-24(40)20-26(21)41)11-10-22-9-6-17-30(5)25(22)12-13-27(30)29(4,15-7-14-28(2,3)42)16-8-18-31(43,32(34,35)36)33(37,38)39/h8,10-11,18,24-27,40-43H,1,6-7,9,12-17,19-20H2,2-5H3/t24-,25?,26?,27-,29-,30+/m1/s1. The SMILES string of the molecule is C=C1C(=CC=C2CCC[C@@]3(C)C2CC[C@@H]3[C@@](C)(CC=CC(O)(C(F)(F)F)C(F)(F)F)CCCC(C)(C)O)C[C@@H](O)CC1O. The molecule has 43 heavy (non-hydrogen) atoms. The van der Waals surface area contributed by atoms with Crippen LogP contribution >= 0.6 is 0 Å². The van der Waals surface area contributed by atoms with Crippen LogP contribution in [0, 0.1) is 22.7 Å². The summed E-state index contributed by atoms with van der Waals surface area (Å²) in [4.78, 5) is 0. The Morgan fingerprint density at radius 3 is 2.16 bits per heavy atom. The maximum atomic E-state index is 13.4. The molecule has 0 heterocycles. The summed E-state index contributed by atoms with van der Waals surface area (Å²) >= 11 is 0. The van der Waals surface area contributed by atoms with Crippen molar-refractivity contribution in [2.75, 3.05) is 0 Å². The van der Waals surface area contributed by atoms with Crippen LogP contribution in [0.4, 0.5) is 26.3 Å². The van der Waals surface area contributed by atoms with Gasteiger partial charge in [0.05, 0.1) is 17.8 Å². The number of hydrogen-bond donors (Lipinski definition) is 4. The van der Waals surface area contributed by atoms with Gasteiger partial charge in [-0.25, -0.2) is 0 Å². The van der Waals surface area contributed by atoms with Gasteiger partial charge in [0.25, 0.3) is 5.60 Å². The molecule has 0 aromatic rings. The molecule has 3 rings (SSSR count). The van der Waals surface area contributed by atoms with Crippen molar-refractivity contribution >= 4 is 0 Å². The Bertz CT molecular complexity index is 1080. The summed E-state index contributed by atoms with van der Waals surface area (Å²) in [6.45, 7) is 11.4. The molecule has 3 saturated carbocycles. The van der Waals surface area contributed by atoms with Crippen LogP contribution in [0.3, 0.4) is 0 Å². The zero-order chi connectivity index (χ0) is 32.6. The molecular weight excluding hydrogens is 574 g/mol. The highest BCUT2D eigenvalue weighted by Gasteiger charge is 2.69. The zero-order valence-corrected chi connectivity index (χ0v) is 25.7. The molecule has 0 spiro atoms. The average molecular weight is 623 g/mol. The van der Waals surface area contributed by atoms with E-state index in [0.29, 0.717) is 31.3 Å². The molecule has 10 heteroatoms. The van der Waals surface area contributed by atoms with Crippen LogP contribution in [0.25, 0.3) is 0 Å². The predicted molar refractivity (Wildman–Crippen MR) is 154 cm³/mol. The minimum Gasteiger partial charge on any atom is -0.393 e. The van der Waals surface area contributed by atoms with E-state index in [1.807, 2.05) is 19.1 Å². The van der Waals surface area contributed by atoms with E-state index in [0.717, 1.165) is 43.8 Å². The molecule has 0 aromatic heterocycles. The summed E-state index contributed by atoms with van der Waals surface area (Å²) in [7, 11) is 0. The Morgan fingerprint density at radius 2 is 1.58 bits per heavy atom. The normalized spacial score (nSPS) is 32.9. The van der Waals surface area contributed by atoms with E-state index in [9.17, 15) is 46.8 Å². The Kier molecular flexibility index (Phi) is 10.5. The topological polar surface area (TPSA) is 80.9 Å². The fourth-order valence-electron chi connectivity index (χ4n) is 8.04. The van der Waals surface area contributed by atoms with Crippen LogP contribution in [-0.4, -0.2) is 56.2 Å². The van der Waals surface area contributed by atoms with Crippen molar-refractivity contribution in [1.29, 1.82) is 0 Å². The first kappa shape index (κ1) is 35.9. The Balaban J connectivity index is 1.93. The minimum atomic E-state index is -5.92. The molecule has 2 unspecified atom stereocenters. The van der Waals surface area contributed by atoms with Gasteiger partial charge in [0, 0.05) is 6.42 Å². The molecule has 6 atom stereocenters. The maximum absolute atomic E-state index is 13.4. The summed E-state index contributed by atoms with van der Waals surface area (Å²) < 4.78 is 80.2. The Labute approximate surface area is 251 Å². The van der Waals surface area contributed by atoms with Crippen molar-refractivity contribution in [2.45, 2.75) is 134 Å². The molecule has 0 aromatic carbocycles. The smallest absolute Gasteiger partial charge is 0.393 e. The lowest BCUT2D eigenvalue weighted by Gasteiger charge is -2.49. The molecule has 246 valence electrons.